The second-order valence-corrected chi connectivity index (χ2v) is 6.39. The predicted molar refractivity (Wildman–Crippen MR) is 99.8 cm³/mol. The normalized spacial score (nSPS) is 14.6. The Morgan fingerprint density at radius 3 is 2.69 bits per heavy atom. The highest BCUT2D eigenvalue weighted by Gasteiger charge is 2.30. The van der Waals surface area contributed by atoms with Crippen molar-refractivity contribution < 1.29 is 27.5 Å². The van der Waals surface area contributed by atoms with Crippen LogP contribution in [0.4, 0.5) is 29.5 Å². The van der Waals surface area contributed by atoms with Crippen molar-refractivity contribution >= 4 is 23.4 Å². The summed E-state index contributed by atoms with van der Waals surface area (Å²) in [5.74, 6) is 0.0910. The van der Waals surface area contributed by atoms with E-state index in [1.807, 2.05) is 6.92 Å². The van der Waals surface area contributed by atoms with Crippen molar-refractivity contribution in [2.75, 3.05) is 23.4 Å². The quantitative estimate of drug-likeness (QED) is 0.791. The number of aromatic nitrogens is 1. The van der Waals surface area contributed by atoms with Crippen molar-refractivity contribution in [2.45, 2.75) is 25.6 Å². The maximum atomic E-state index is 12.8. The van der Waals surface area contributed by atoms with E-state index in [-0.39, 0.29) is 18.2 Å². The molecule has 29 heavy (non-hydrogen) atoms. The van der Waals surface area contributed by atoms with Gasteiger partial charge in [0.2, 0.25) is 5.91 Å². The van der Waals surface area contributed by atoms with Crippen LogP contribution in [-0.2, 0) is 4.79 Å². The average Bonchev–Trinajstić information content (AvgIpc) is 2.69. The van der Waals surface area contributed by atoms with Gasteiger partial charge >= 0.3 is 12.2 Å². The molecular formula is C19H19F3N4O3. The van der Waals surface area contributed by atoms with E-state index < -0.39 is 24.9 Å². The maximum Gasteiger partial charge on any atom is 0.422 e. The van der Waals surface area contributed by atoms with Gasteiger partial charge in [-0.05, 0) is 36.2 Å². The third-order valence-electron chi connectivity index (χ3n) is 4.25. The van der Waals surface area contributed by atoms with Crippen LogP contribution >= 0.6 is 0 Å². The largest absolute Gasteiger partial charge is 0.484 e. The third-order valence-corrected chi connectivity index (χ3v) is 4.25. The Balaban J connectivity index is 1.70. The number of carbonyl (C=O) groups is 2. The van der Waals surface area contributed by atoms with E-state index in [4.69, 9.17) is 4.74 Å². The second-order valence-electron chi connectivity index (χ2n) is 6.39. The summed E-state index contributed by atoms with van der Waals surface area (Å²) in [5, 5.41) is 5.49. The number of halogens is 3. The molecule has 2 aromatic rings. The first kappa shape index (κ1) is 20.4. The smallest absolute Gasteiger partial charge is 0.422 e. The van der Waals surface area contributed by atoms with E-state index >= 15 is 0 Å². The predicted octanol–water partition coefficient (Wildman–Crippen LogP) is 3.64. The van der Waals surface area contributed by atoms with Gasteiger partial charge in [-0.2, -0.15) is 13.2 Å². The number of ether oxygens (including phenoxy) is 1. The number of benzene rings is 1. The van der Waals surface area contributed by atoms with Crippen LogP contribution in [0.25, 0.3) is 0 Å². The molecule has 3 amide bonds. The summed E-state index contributed by atoms with van der Waals surface area (Å²) < 4.78 is 41.4. The Bertz CT molecular complexity index is 887. The molecule has 0 saturated carbocycles. The van der Waals surface area contributed by atoms with Crippen molar-refractivity contribution in [3.63, 3.8) is 0 Å². The van der Waals surface area contributed by atoms with Crippen LogP contribution in [-0.4, -0.2) is 36.3 Å². The van der Waals surface area contributed by atoms with E-state index in [2.05, 4.69) is 15.6 Å². The molecule has 7 nitrogen and oxygen atoms in total. The highest BCUT2D eigenvalue weighted by atomic mass is 19.4. The lowest BCUT2D eigenvalue weighted by Crippen LogP contribution is -2.48. The van der Waals surface area contributed by atoms with Crippen LogP contribution in [0, 0.1) is 0 Å². The number of nitrogens with one attached hydrogen (secondary N) is 2. The van der Waals surface area contributed by atoms with Crippen molar-refractivity contribution in [1.29, 1.82) is 0 Å². The summed E-state index contributed by atoms with van der Waals surface area (Å²) in [4.78, 5) is 30.1. The highest BCUT2D eigenvalue weighted by molar-refractivity contribution is 6.08. The number of rotatable bonds is 5. The fourth-order valence-corrected chi connectivity index (χ4v) is 2.90. The standard InChI is InChI=1S/C19H19F3N4O3/c1-2-14(12-5-7-13(8-6-12)29-11-19(20,21)22)25-18(28)26-10-16(27)24-15-4-3-9-23-17(15)26/h3-9,14H,2,10-11H2,1H3,(H,24,27)(H,25,28). The Morgan fingerprint density at radius 2 is 2.03 bits per heavy atom. The van der Waals surface area contributed by atoms with Gasteiger partial charge in [-0.25, -0.2) is 9.78 Å². The van der Waals surface area contributed by atoms with Gasteiger partial charge in [0.1, 0.15) is 12.3 Å². The summed E-state index contributed by atoms with van der Waals surface area (Å²) in [5.41, 5.74) is 1.14. The summed E-state index contributed by atoms with van der Waals surface area (Å²) in [6.07, 6.45) is -2.36. The molecule has 0 bridgehead atoms. The van der Waals surface area contributed by atoms with E-state index in [0.29, 0.717) is 23.5 Å². The van der Waals surface area contributed by atoms with Crippen LogP contribution in [0.3, 0.4) is 0 Å². The number of fused-ring (bicyclic) bond motifs is 1. The first-order valence-electron chi connectivity index (χ1n) is 8.89. The SMILES string of the molecule is CCC(NC(=O)N1CC(=O)Nc2cccnc21)c1ccc(OCC(F)(F)F)cc1. The molecule has 2 heterocycles. The lowest BCUT2D eigenvalue weighted by molar-refractivity contribution is -0.153. The van der Waals surface area contributed by atoms with E-state index in [0.717, 1.165) is 0 Å². The number of hydrogen-bond donors (Lipinski definition) is 2. The number of carbonyl (C=O) groups excluding carboxylic acids is 2. The molecule has 3 rings (SSSR count). The summed E-state index contributed by atoms with van der Waals surface area (Å²) in [6, 6.07) is 8.42. The molecule has 154 valence electrons. The number of amides is 3. The Labute approximate surface area is 164 Å². The van der Waals surface area contributed by atoms with E-state index in [1.165, 1.54) is 23.2 Å². The van der Waals surface area contributed by atoms with Gasteiger partial charge < -0.3 is 15.4 Å². The molecule has 1 aromatic carbocycles. The van der Waals surface area contributed by atoms with Crippen molar-refractivity contribution in [3.8, 4) is 5.75 Å². The van der Waals surface area contributed by atoms with Gasteiger partial charge in [0.05, 0.1) is 11.7 Å². The topological polar surface area (TPSA) is 83.6 Å². The minimum Gasteiger partial charge on any atom is -0.484 e. The first-order valence-corrected chi connectivity index (χ1v) is 8.89. The molecule has 1 unspecified atom stereocenters. The number of anilines is 2. The Morgan fingerprint density at radius 1 is 1.31 bits per heavy atom. The lowest BCUT2D eigenvalue weighted by Gasteiger charge is -2.29. The number of nitrogens with zero attached hydrogens (tertiary/aromatic N) is 2. The fourth-order valence-electron chi connectivity index (χ4n) is 2.90. The monoisotopic (exact) mass is 408 g/mol. The summed E-state index contributed by atoms with van der Waals surface area (Å²) in [6.45, 7) is 0.314. The average molecular weight is 408 g/mol. The Kier molecular flexibility index (Phi) is 5.90. The zero-order valence-electron chi connectivity index (χ0n) is 15.5. The van der Waals surface area contributed by atoms with Crippen molar-refractivity contribution in [3.05, 3.63) is 48.2 Å². The molecule has 1 atom stereocenters. The van der Waals surface area contributed by atoms with Crippen LogP contribution < -0.4 is 20.3 Å². The molecule has 1 aliphatic rings. The third kappa shape index (κ3) is 5.15. The van der Waals surface area contributed by atoms with Gasteiger partial charge in [0, 0.05) is 6.20 Å². The van der Waals surface area contributed by atoms with Crippen LogP contribution in [0.2, 0.25) is 0 Å². The molecule has 0 radical (unpaired) electrons. The fraction of sp³-hybridized carbons (Fsp3) is 0.316. The van der Waals surface area contributed by atoms with Gasteiger partial charge in [-0.15, -0.1) is 0 Å². The van der Waals surface area contributed by atoms with Gasteiger partial charge in [0.25, 0.3) is 0 Å². The van der Waals surface area contributed by atoms with Gasteiger partial charge in [-0.3, -0.25) is 9.69 Å². The van der Waals surface area contributed by atoms with Crippen LogP contribution in [0.5, 0.6) is 5.75 Å². The second kappa shape index (κ2) is 8.38. The van der Waals surface area contributed by atoms with E-state index in [1.54, 1.807) is 24.3 Å². The van der Waals surface area contributed by atoms with Crippen molar-refractivity contribution in [2.24, 2.45) is 0 Å². The highest BCUT2D eigenvalue weighted by Crippen LogP contribution is 2.27. The van der Waals surface area contributed by atoms with E-state index in [9.17, 15) is 22.8 Å². The zero-order chi connectivity index (χ0) is 21.0. The maximum absolute atomic E-state index is 12.8. The number of pyridine rings is 1. The number of hydrogen-bond acceptors (Lipinski definition) is 4. The minimum atomic E-state index is -4.41. The van der Waals surface area contributed by atoms with Gasteiger partial charge in [0.15, 0.2) is 12.4 Å². The Hall–Kier alpha value is -3.30. The first-order chi connectivity index (χ1) is 13.8. The van der Waals surface area contributed by atoms with Gasteiger partial charge in [-0.1, -0.05) is 19.1 Å². The summed E-state index contributed by atoms with van der Waals surface area (Å²) in [7, 11) is 0. The molecule has 10 heteroatoms. The lowest BCUT2D eigenvalue weighted by atomic mass is 10.0. The van der Waals surface area contributed by atoms with Crippen molar-refractivity contribution in [1.82, 2.24) is 10.3 Å². The number of alkyl halides is 3. The molecule has 0 aliphatic carbocycles. The molecule has 2 N–H and O–H groups in total. The summed E-state index contributed by atoms with van der Waals surface area (Å²) >= 11 is 0. The minimum absolute atomic E-state index is 0.0816. The van der Waals surface area contributed by atoms with Crippen LogP contribution in [0.15, 0.2) is 42.6 Å². The molecule has 0 saturated heterocycles. The molecule has 1 aliphatic heterocycles. The van der Waals surface area contributed by atoms with Crippen LogP contribution in [0.1, 0.15) is 24.9 Å². The number of urea groups is 1. The molecule has 1 aromatic heterocycles. The molecule has 0 fully saturated rings. The molecular weight excluding hydrogens is 389 g/mol. The molecule has 0 spiro atoms. The zero-order valence-corrected chi connectivity index (χ0v) is 15.5.